The second kappa shape index (κ2) is 7.10. The smallest absolute Gasteiger partial charge is 0.132 e. The van der Waals surface area contributed by atoms with Crippen LogP contribution in [0.1, 0.15) is 11.1 Å². The number of likely N-dealkylation sites (tertiary alicyclic amines) is 1. The van der Waals surface area contributed by atoms with Gasteiger partial charge in [-0.25, -0.2) is 9.37 Å². The minimum atomic E-state index is -1.10. The van der Waals surface area contributed by atoms with Crippen molar-refractivity contribution in [2.24, 2.45) is 0 Å². The Morgan fingerprint density at radius 3 is 2.41 bits per heavy atom. The Morgan fingerprint density at radius 1 is 1.04 bits per heavy atom. The van der Waals surface area contributed by atoms with Crippen LogP contribution in [0.2, 0.25) is 0 Å². The van der Waals surface area contributed by atoms with E-state index in [1.807, 2.05) is 60.6 Å². The lowest BCUT2D eigenvalue weighted by atomic mass is 9.85. The zero-order valence-corrected chi connectivity index (χ0v) is 15.2. The Morgan fingerprint density at radius 2 is 1.74 bits per heavy atom. The maximum absolute atomic E-state index is 13.9. The van der Waals surface area contributed by atoms with Gasteiger partial charge in [0.1, 0.15) is 17.2 Å². The summed E-state index contributed by atoms with van der Waals surface area (Å²) in [5, 5.41) is 10.6. The zero-order chi connectivity index (χ0) is 18.9. The standard InChI is InChI=1S/C22H22FN3O/c1-25(18-7-3-2-4-8-18)21-12-11-17(13-24-21)14-26-15-22(27,16-26)19-9-5-6-10-20(19)23/h2-13,27H,14-16H2,1H3. The van der Waals surface area contributed by atoms with E-state index in [1.165, 1.54) is 6.07 Å². The van der Waals surface area contributed by atoms with Gasteiger partial charge < -0.3 is 10.0 Å². The van der Waals surface area contributed by atoms with Gasteiger partial charge in [0.05, 0.1) is 0 Å². The number of rotatable bonds is 5. The summed E-state index contributed by atoms with van der Waals surface area (Å²) in [5.74, 6) is 0.519. The van der Waals surface area contributed by atoms with Gasteiger partial charge in [0.2, 0.25) is 0 Å². The molecule has 0 radical (unpaired) electrons. The summed E-state index contributed by atoms with van der Waals surface area (Å²) < 4.78 is 13.9. The quantitative estimate of drug-likeness (QED) is 0.750. The van der Waals surface area contributed by atoms with E-state index in [9.17, 15) is 9.50 Å². The van der Waals surface area contributed by atoms with Crippen molar-refractivity contribution in [3.8, 4) is 0 Å². The topological polar surface area (TPSA) is 39.6 Å². The van der Waals surface area contributed by atoms with E-state index < -0.39 is 5.60 Å². The number of pyridine rings is 1. The maximum Gasteiger partial charge on any atom is 0.132 e. The number of hydrogen-bond acceptors (Lipinski definition) is 4. The van der Waals surface area contributed by atoms with E-state index in [2.05, 4.69) is 9.88 Å². The molecule has 27 heavy (non-hydrogen) atoms. The predicted molar refractivity (Wildman–Crippen MR) is 104 cm³/mol. The number of nitrogens with zero attached hydrogens (tertiary/aromatic N) is 3. The third-order valence-corrected chi connectivity index (χ3v) is 5.05. The van der Waals surface area contributed by atoms with Gasteiger partial charge in [-0.3, -0.25) is 4.90 Å². The minimum Gasteiger partial charge on any atom is -0.382 e. The summed E-state index contributed by atoms with van der Waals surface area (Å²) in [5.41, 5.74) is 1.41. The van der Waals surface area contributed by atoms with E-state index in [-0.39, 0.29) is 5.82 Å². The van der Waals surface area contributed by atoms with Crippen LogP contribution in [-0.4, -0.2) is 35.1 Å². The molecule has 2 heterocycles. The molecule has 0 amide bonds. The molecule has 0 saturated carbocycles. The Labute approximate surface area is 158 Å². The van der Waals surface area contributed by atoms with Crippen LogP contribution in [0.4, 0.5) is 15.9 Å². The van der Waals surface area contributed by atoms with Crippen LogP contribution >= 0.6 is 0 Å². The number of halogens is 1. The molecule has 2 aromatic carbocycles. The summed E-state index contributed by atoms with van der Waals surface area (Å²) in [6, 6.07) is 20.5. The molecule has 138 valence electrons. The summed E-state index contributed by atoms with van der Waals surface area (Å²) in [4.78, 5) is 8.67. The zero-order valence-electron chi connectivity index (χ0n) is 15.2. The molecule has 0 atom stereocenters. The third-order valence-electron chi connectivity index (χ3n) is 5.05. The number of anilines is 2. The Bertz CT molecular complexity index is 908. The molecule has 0 unspecified atom stereocenters. The fraction of sp³-hybridized carbons (Fsp3) is 0.227. The van der Waals surface area contributed by atoms with Gasteiger partial charge >= 0.3 is 0 Å². The lowest BCUT2D eigenvalue weighted by Crippen LogP contribution is -2.59. The van der Waals surface area contributed by atoms with Crippen molar-refractivity contribution in [3.05, 3.63) is 89.9 Å². The van der Waals surface area contributed by atoms with Gasteiger partial charge in [-0.05, 0) is 29.8 Å². The molecule has 1 aliphatic rings. The molecule has 4 rings (SSSR count). The molecule has 0 bridgehead atoms. The van der Waals surface area contributed by atoms with Crippen molar-refractivity contribution < 1.29 is 9.50 Å². The maximum atomic E-state index is 13.9. The van der Waals surface area contributed by atoms with Crippen LogP contribution in [0.25, 0.3) is 0 Å². The largest absolute Gasteiger partial charge is 0.382 e. The fourth-order valence-electron chi connectivity index (χ4n) is 3.56. The third kappa shape index (κ3) is 3.56. The van der Waals surface area contributed by atoms with Crippen molar-refractivity contribution >= 4 is 11.5 Å². The average molecular weight is 363 g/mol. The number of para-hydroxylation sites is 1. The number of hydrogen-bond donors (Lipinski definition) is 1. The van der Waals surface area contributed by atoms with E-state index >= 15 is 0 Å². The van der Waals surface area contributed by atoms with Crippen LogP contribution in [0.15, 0.2) is 72.9 Å². The van der Waals surface area contributed by atoms with E-state index in [1.54, 1.807) is 18.2 Å². The molecule has 4 nitrogen and oxygen atoms in total. The highest BCUT2D eigenvalue weighted by atomic mass is 19.1. The number of β-amino-alcohol motifs (C(OH)–C–C–N with tert-alkyl or cyclic N) is 1. The highest BCUT2D eigenvalue weighted by molar-refractivity contribution is 5.58. The van der Waals surface area contributed by atoms with Gasteiger partial charge in [0.25, 0.3) is 0 Å². The molecular formula is C22H22FN3O. The van der Waals surface area contributed by atoms with Gasteiger partial charge in [0.15, 0.2) is 0 Å². The normalized spacial score (nSPS) is 16.0. The minimum absolute atomic E-state index is 0.352. The van der Waals surface area contributed by atoms with Crippen LogP contribution in [0.3, 0.4) is 0 Å². The summed E-state index contributed by atoms with van der Waals surface area (Å²) in [7, 11) is 1.99. The van der Waals surface area contributed by atoms with E-state index in [0.29, 0.717) is 25.2 Å². The summed E-state index contributed by atoms with van der Waals surface area (Å²) in [6.45, 7) is 1.51. The Balaban J connectivity index is 1.38. The van der Waals surface area contributed by atoms with Gasteiger partial charge in [0, 0.05) is 44.1 Å². The molecule has 1 aliphatic heterocycles. The Hall–Kier alpha value is -2.76. The molecule has 1 aromatic heterocycles. The average Bonchev–Trinajstić information content (AvgIpc) is 2.68. The van der Waals surface area contributed by atoms with E-state index in [0.717, 1.165) is 17.1 Å². The fourth-order valence-corrected chi connectivity index (χ4v) is 3.56. The first-order chi connectivity index (χ1) is 13.0. The highest BCUT2D eigenvalue weighted by Gasteiger charge is 2.43. The highest BCUT2D eigenvalue weighted by Crippen LogP contribution is 2.34. The second-order valence-corrected chi connectivity index (χ2v) is 7.08. The molecule has 1 N–H and O–H groups in total. The van der Waals surface area contributed by atoms with Crippen LogP contribution in [0.5, 0.6) is 0 Å². The van der Waals surface area contributed by atoms with Gasteiger partial charge in [-0.1, -0.05) is 42.5 Å². The van der Waals surface area contributed by atoms with Crippen molar-refractivity contribution in [2.45, 2.75) is 12.1 Å². The summed E-state index contributed by atoms with van der Waals surface area (Å²) in [6.07, 6.45) is 1.86. The molecule has 3 aromatic rings. The molecule has 0 spiro atoms. The molecular weight excluding hydrogens is 341 g/mol. The van der Waals surface area contributed by atoms with Crippen LogP contribution in [-0.2, 0) is 12.1 Å². The summed E-state index contributed by atoms with van der Waals surface area (Å²) >= 11 is 0. The molecule has 1 fully saturated rings. The van der Waals surface area contributed by atoms with Crippen LogP contribution < -0.4 is 4.90 Å². The van der Waals surface area contributed by atoms with E-state index in [4.69, 9.17) is 0 Å². The molecule has 0 aliphatic carbocycles. The number of aliphatic hydroxyl groups is 1. The lowest BCUT2D eigenvalue weighted by molar-refractivity contribution is -0.109. The van der Waals surface area contributed by atoms with Crippen molar-refractivity contribution in [2.75, 3.05) is 25.0 Å². The van der Waals surface area contributed by atoms with Crippen molar-refractivity contribution in [3.63, 3.8) is 0 Å². The predicted octanol–water partition coefficient (Wildman–Crippen LogP) is 3.69. The Kier molecular flexibility index (Phi) is 4.64. The SMILES string of the molecule is CN(c1ccccc1)c1ccc(CN2CC(O)(c3ccccc3F)C2)cn1. The van der Waals surface area contributed by atoms with Crippen LogP contribution in [0, 0.1) is 5.82 Å². The first kappa shape index (κ1) is 17.6. The lowest BCUT2D eigenvalue weighted by Gasteiger charge is -2.46. The first-order valence-corrected chi connectivity index (χ1v) is 8.99. The van der Waals surface area contributed by atoms with Crippen molar-refractivity contribution in [1.82, 2.24) is 9.88 Å². The number of aromatic nitrogens is 1. The monoisotopic (exact) mass is 363 g/mol. The van der Waals surface area contributed by atoms with Gasteiger partial charge in [-0.15, -0.1) is 0 Å². The molecule has 1 saturated heterocycles. The number of benzene rings is 2. The first-order valence-electron chi connectivity index (χ1n) is 8.99. The second-order valence-electron chi connectivity index (χ2n) is 7.08. The van der Waals surface area contributed by atoms with Gasteiger partial charge in [-0.2, -0.15) is 0 Å². The molecule has 5 heteroatoms. The van der Waals surface area contributed by atoms with Crippen molar-refractivity contribution in [1.29, 1.82) is 0 Å².